The van der Waals surface area contributed by atoms with E-state index in [9.17, 15) is 18.0 Å². The molecule has 2 fully saturated rings. The van der Waals surface area contributed by atoms with Crippen LogP contribution in [0.15, 0.2) is 24.3 Å². The molecule has 5 nitrogen and oxygen atoms in total. The minimum absolute atomic E-state index is 0.0581. The van der Waals surface area contributed by atoms with Gasteiger partial charge in [-0.3, -0.25) is 4.79 Å². The number of rotatable bonds is 9. The van der Waals surface area contributed by atoms with Gasteiger partial charge in [0.15, 0.2) is 0 Å². The average molecular weight is 413 g/mol. The lowest BCUT2D eigenvalue weighted by Crippen LogP contribution is -2.42. The molecule has 1 unspecified atom stereocenters. The maximum absolute atomic E-state index is 12.3. The molecule has 2 atom stereocenters. The number of likely N-dealkylation sites (tertiary alicyclic amines) is 1. The molecule has 0 radical (unpaired) electrons. The number of hydrogen-bond donors (Lipinski definition) is 1. The van der Waals surface area contributed by atoms with Crippen LogP contribution in [0.25, 0.3) is 0 Å². The van der Waals surface area contributed by atoms with Crippen molar-refractivity contribution in [3.8, 4) is 5.75 Å². The largest absolute Gasteiger partial charge is 0.494 e. The molecule has 2 aliphatic heterocycles. The Morgan fingerprint density at radius 3 is 2.62 bits per heavy atom. The molecule has 2 saturated heterocycles. The van der Waals surface area contributed by atoms with Crippen molar-refractivity contribution in [2.24, 2.45) is 0 Å². The van der Waals surface area contributed by atoms with Gasteiger partial charge in [0.1, 0.15) is 5.75 Å². The third-order valence-corrected chi connectivity index (χ3v) is 5.69. The molecule has 0 saturated carbocycles. The van der Waals surface area contributed by atoms with Crippen molar-refractivity contribution in [2.45, 2.75) is 57.3 Å². The topological polar surface area (TPSA) is 44.8 Å². The molecule has 2 heterocycles. The highest BCUT2D eigenvalue weighted by Gasteiger charge is 2.33. The summed E-state index contributed by atoms with van der Waals surface area (Å²) in [5, 5.41) is 2.41. The van der Waals surface area contributed by atoms with Crippen molar-refractivity contribution in [3.05, 3.63) is 24.3 Å². The number of hydrogen-bond acceptors (Lipinski definition) is 4. The Hall–Kier alpha value is -1.80. The van der Waals surface area contributed by atoms with Crippen LogP contribution < -0.4 is 15.0 Å². The minimum atomic E-state index is -4.25. The van der Waals surface area contributed by atoms with Crippen molar-refractivity contribution in [3.63, 3.8) is 0 Å². The number of carbonyl (C=O) groups is 1. The molecule has 0 aromatic heterocycles. The molecular weight excluding hydrogens is 383 g/mol. The van der Waals surface area contributed by atoms with E-state index in [4.69, 9.17) is 4.74 Å². The molecule has 1 aromatic rings. The minimum Gasteiger partial charge on any atom is -0.494 e. The number of alkyl halides is 3. The van der Waals surface area contributed by atoms with Gasteiger partial charge in [0, 0.05) is 37.3 Å². The average Bonchev–Trinajstić information content (AvgIpc) is 3.24. The van der Waals surface area contributed by atoms with Crippen LogP contribution in [-0.4, -0.2) is 61.9 Å². The number of nitrogens with zero attached hydrogens (tertiary/aromatic N) is 2. The zero-order valence-electron chi connectivity index (χ0n) is 16.9. The number of amides is 1. The first-order valence-corrected chi connectivity index (χ1v) is 10.4. The van der Waals surface area contributed by atoms with Gasteiger partial charge in [-0.05, 0) is 63.4 Å². The molecule has 3 rings (SSSR count). The van der Waals surface area contributed by atoms with E-state index < -0.39 is 12.7 Å². The van der Waals surface area contributed by atoms with Gasteiger partial charge in [0.2, 0.25) is 5.91 Å². The molecule has 2 aliphatic rings. The fraction of sp³-hybridized carbons (Fsp3) is 0.667. The van der Waals surface area contributed by atoms with E-state index in [1.165, 1.54) is 19.4 Å². The molecule has 162 valence electrons. The summed E-state index contributed by atoms with van der Waals surface area (Å²) in [7, 11) is 0. The van der Waals surface area contributed by atoms with Crippen LogP contribution in [0.1, 0.15) is 39.0 Å². The van der Waals surface area contributed by atoms with Gasteiger partial charge in [-0.1, -0.05) is 0 Å². The van der Waals surface area contributed by atoms with Gasteiger partial charge in [-0.25, -0.2) is 0 Å². The van der Waals surface area contributed by atoms with Crippen LogP contribution in [0.4, 0.5) is 18.9 Å². The first-order valence-electron chi connectivity index (χ1n) is 10.4. The van der Waals surface area contributed by atoms with Crippen LogP contribution in [0, 0.1) is 0 Å². The van der Waals surface area contributed by atoms with Gasteiger partial charge in [0.05, 0.1) is 13.2 Å². The second-order valence-corrected chi connectivity index (χ2v) is 7.93. The molecule has 29 heavy (non-hydrogen) atoms. The molecule has 0 spiro atoms. The Labute approximate surface area is 170 Å². The van der Waals surface area contributed by atoms with Gasteiger partial charge < -0.3 is 19.9 Å². The van der Waals surface area contributed by atoms with E-state index >= 15 is 0 Å². The highest BCUT2D eigenvalue weighted by molar-refractivity contribution is 5.96. The third kappa shape index (κ3) is 6.34. The van der Waals surface area contributed by atoms with E-state index in [-0.39, 0.29) is 18.5 Å². The first kappa shape index (κ1) is 21.9. The fourth-order valence-electron chi connectivity index (χ4n) is 4.16. The zero-order chi connectivity index (χ0) is 20.9. The van der Waals surface area contributed by atoms with Crippen molar-refractivity contribution in [1.82, 2.24) is 10.2 Å². The van der Waals surface area contributed by atoms with Gasteiger partial charge >= 0.3 is 6.18 Å². The van der Waals surface area contributed by atoms with E-state index in [1.807, 2.05) is 12.1 Å². The lowest BCUT2D eigenvalue weighted by Gasteiger charge is -2.25. The van der Waals surface area contributed by atoms with E-state index in [2.05, 4.69) is 17.1 Å². The lowest BCUT2D eigenvalue weighted by molar-refractivity contribution is -0.124. The highest BCUT2D eigenvalue weighted by atomic mass is 19.4. The number of anilines is 1. The summed E-state index contributed by atoms with van der Waals surface area (Å²) in [6.45, 7) is 4.17. The lowest BCUT2D eigenvalue weighted by atomic mass is 10.2. The Morgan fingerprint density at radius 2 is 1.97 bits per heavy atom. The monoisotopic (exact) mass is 413 g/mol. The summed E-state index contributed by atoms with van der Waals surface area (Å²) in [6.07, 6.45) is 0.154. The van der Waals surface area contributed by atoms with E-state index in [1.54, 1.807) is 17.0 Å². The molecule has 1 aromatic carbocycles. The van der Waals surface area contributed by atoms with E-state index in [0.717, 1.165) is 18.7 Å². The summed E-state index contributed by atoms with van der Waals surface area (Å²) in [5.41, 5.74) is 0.699. The van der Waals surface area contributed by atoms with Crippen LogP contribution in [0.5, 0.6) is 5.75 Å². The van der Waals surface area contributed by atoms with Crippen molar-refractivity contribution >= 4 is 11.6 Å². The number of halogens is 3. The molecule has 1 N–H and O–H groups in total. The SMILES string of the molecule is CC1CCCN1CCCOc1ccc(N2C(=O)CC[C@H]2CNCC(F)(F)F)cc1. The predicted octanol–water partition coefficient (Wildman–Crippen LogP) is 3.59. The zero-order valence-corrected chi connectivity index (χ0v) is 16.9. The number of nitrogens with one attached hydrogen (secondary N) is 1. The molecule has 0 aliphatic carbocycles. The Morgan fingerprint density at radius 1 is 1.21 bits per heavy atom. The van der Waals surface area contributed by atoms with Crippen LogP contribution in [0.3, 0.4) is 0 Å². The third-order valence-electron chi connectivity index (χ3n) is 5.69. The summed E-state index contributed by atoms with van der Waals surface area (Å²) < 4.78 is 42.8. The molecule has 8 heteroatoms. The Balaban J connectivity index is 1.46. The molecular formula is C21H30F3N3O2. The highest BCUT2D eigenvalue weighted by Crippen LogP contribution is 2.28. The smallest absolute Gasteiger partial charge is 0.401 e. The Kier molecular flexibility index (Phi) is 7.40. The summed E-state index contributed by atoms with van der Waals surface area (Å²) >= 11 is 0. The van der Waals surface area contributed by atoms with Crippen molar-refractivity contribution < 1.29 is 22.7 Å². The van der Waals surface area contributed by atoms with Gasteiger partial charge in [-0.2, -0.15) is 13.2 Å². The van der Waals surface area contributed by atoms with Gasteiger partial charge in [0.25, 0.3) is 0 Å². The first-order chi connectivity index (χ1) is 13.8. The Bertz CT molecular complexity index is 666. The van der Waals surface area contributed by atoms with Crippen molar-refractivity contribution in [2.75, 3.05) is 37.7 Å². The van der Waals surface area contributed by atoms with Gasteiger partial charge in [-0.15, -0.1) is 0 Å². The normalized spacial score (nSPS) is 23.2. The molecule has 0 bridgehead atoms. The van der Waals surface area contributed by atoms with Crippen molar-refractivity contribution in [1.29, 1.82) is 0 Å². The standard InChI is InChI=1S/C21H30F3N3O2/c1-16-4-2-11-26(16)12-3-13-29-19-8-5-17(6-9-19)27-18(7-10-20(27)28)14-25-15-21(22,23)24/h5-6,8-9,16,18,25H,2-4,7,10-15H2,1H3/t16?,18-/m0/s1. The summed E-state index contributed by atoms with van der Waals surface area (Å²) in [6, 6.07) is 7.64. The van der Waals surface area contributed by atoms with Crippen LogP contribution >= 0.6 is 0 Å². The molecule has 1 amide bonds. The number of carbonyl (C=O) groups excluding carboxylic acids is 1. The quantitative estimate of drug-likeness (QED) is 0.629. The number of ether oxygens (including phenoxy) is 1. The summed E-state index contributed by atoms with van der Waals surface area (Å²) in [4.78, 5) is 16.3. The summed E-state index contributed by atoms with van der Waals surface area (Å²) in [5.74, 6) is 0.679. The number of benzene rings is 1. The second-order valence-electron chi connectivity index (χ2n) is 7.93. The maximum atomic E-state index is 12.3. The maximum Gasteiger partial charge on any atom is 0.401 e. The predicted molar refractivity (Wildman–Crippen MR) is 106 cm³/mol. The fourth-order valence-corrected chi connectivity index (χ4v) is 4.16. The van der Waals surface area contributed by atoms with E-state index in [0.29, 0.717) is 31.2 Å². The van der Waals surface area contributed by atoms with Crippen LogP contribution in [0.2, 0.25) is 0 Å². The van der Waals surface area contributed by atoms with Crippen LogP contribution in [-0.2, 0) is 4.79 Å². The second kappa shape index (κ2) is 9.80.